The first kappa shape index (κ1) is 19.5. The number of carbonyl (C=O) groups excluding carboxylic acids is 2. The molecule has 0 aliphatic carbocycles. The molecule has 0 saturated carbocycles. The quantitative estimate of drug-likeness (QED) is 0.609. The monoisotopic (exact) mass is 376 g/mol. The maximum Gasteiger partial charge on any atom is 0.339 e. The molecule has 144 valence electrons. The summed E-state index contributed by atoms with van der Waals surface area (Å²) in [5, 5.41) is 0.736. The zero-order valence-corrected chi connectivity index (χ0v) is 16.4. The topological polar surface area (TPSA) is 59.5 Å². The lowest BCUT2D eigenvalue weighted by Gasteiger charge is -2.21. The maximum atomic E-state index is 12.7. The zero-order valence-electron chi connectivity index (χ0n) is 16.4. The highest BCUT2D eigenvalue weighted by Gasteiger charge is 2.18. The van der Waals surface area contributed by atoms with Crippen molar-refractivity contribution in [1.29, 1.82) is 0 Å². The van der Waals surface area contributed by atoms with E-state index < -0.39 is 5.97 Å². The molecule has 0 saturated heterocycles. The third-order valence-electron chi connectivity index (χ3n) is 4.59. The van der Waals surface area contributed by atoms with Gasteiger partial charge in [-0.1, -0.05) is 42.0 Å². The summed E-state index contributed by atoms with van der Waals surface area (Å²) in [5.74, 6) is -0.726. The molecule has 3 aromatic rings. The number of pyridine rings is 1. The summed E-state index contributed by atoms with van der Waals surface area (Å²) in [7, 11) is 0. The molecule has 0 N–H and O–H groups in total. The van der Waals surface area contributed by atoms with Gasteiger partial charge in [0.25, 0.3) is 5.91 Å². The minimum Gasteiger partial charge on any atom is -0.452 e. The minimum absolute atomic E-state index is 0.217. The van der Waals surface area contributed by atoms with Gasteiger partial charge in [0.05, 0.1) is 11.1 Å². The number of nitrogens with zero attached hydrogens (tertiary/aromatic N) is 2. The standard InChI is InChI=1S/C23H24N2O3/c1-4-25(14-18-8-6-5-7-9-18)22(26)15-28-23(27)20-13-17(3)24-21-11-10-16(2)12-19(20)21/h5-13H,4,14-15H2,1-3H3. The highest BCUT2D eigenvalue weighted by Crippen LogP contribution is 2.21. The molecule has 28 heavy (non-hydrogen) atoms. The molecule has 2 aromatic carbocycles. The van der Waals surface area contributed by atoms with Crippen LogP contribution in [0, 0.1) is 13.8 Å². The van der Waals surface area contributed by atoms with E-state index in [1.165, 1.54) is 0 Å². The van der Waals surface area contributed by atoms with E-state index in [-0.39, 0.29) is 12.5 Å². The highest BCUT2D eigenvalue weighted by atomic mass is 16.5. The van der Waals surface area contributed by atoms with Crippen molar-refractivity contribution in [2.75, 3.05) is 13.2 Å². The molecule has 5 heteroatoms. The van der Waals surface area contributed by atoms with Crippen LogP contribution >= 0.6 is 0 Å². The van der Waals surface area contributed by atoms with E-state index in [1.807, 2.05) is 69.3 Å². The summed E-state index contributed by atoms with van der Waals surface area (Å²) in [6.45, 7) is 6.45. The Bertz CT molecular complexity index is 999. The molecular weight excluding hydrogens is 352 g/mol. The summed E-state index contributed by atoms with van der Waals surface area (Å²) in [6, 6.07) is 17.2. The van der Waals surface area contributed by atoms with Crippen molar-refractivity contribution in [2.45, 2.75) is 27.3 Å². The van der Waals surface area contributed by atoms with Gasteiger partial charge in [-0.3, -0.25) is 9.78 Å². The predicted octanol–water partition coefficient (Wildman–Crippen LogP) is 4.06. The summed E-state index contributed by atoms with van der Waals surface area (Å²) >= 11 is 0. The van der Waals surface area contributed by atoms with Crippen LogP contribution in [0.5, 0.6) is 0 Å². The summed E-state index contributed by atoms with van der Waals surface area (Å²) in [4.78, 5) is 31.3. The number of aromatic nitrogens is 1. The molecule has 1 amide bonds. The third-order valence-corrected chi connectivity index (χ3v) is 4.59. The van der Waals surface area contributed by atoms with Crippen molar-refractivity contribution in [3.63, 3.8) is 0 Å². The van der Waals surface area contributed by atoms with Crippen LogP contribution < -0.4 is 0 Å². The lowest BCUT2D eigenvalue weighted by Crippen LogP contribution is -2.34. The Balaban J connectivity index is 1.72. The first-order valence-electron chi connectivity index (χ1n) is 9.34. The molecular formula is C23H24N2O3. The van der Waals surface area contributed by atoms with Crippen LogP contribution in [-0.2, 0) is 16.1 Å². The number of esters is 1. The van der Waals surface area contributed by atoms with Crippen LogP contribution in [0.3, 0.4) is 0 Å². The number of benzene rings is 2. The Labute approximate surface area is 165 Å². The maximum absolute atomic E-state index is 12.7. The number of amides is 1. The normalized spacial score (nSPS) is 10.7. The minimum atomic E-state index is -0.509. The first-order valence-corrected chi connectivity index (χ1v) is 9.34. The smallest absolute Gasteiger partial charge is 0.339 e. The molecule has 3 rings (SSSR count). The zero-order chi connectivity index (χ0) is 20.1. The van der Waals surface area contributed by atoms with Gasteiger partial charge in [0.2, 0.25) is 0 Å². The lowest BCUT2D eigenvalue weighted by atomic mass is 10.1. The van der Waals surface area contributed by atoms with Crippen LogP contribution in [0.25, 0.3) is 10.9 Å². The van der Waals surface area contributed by atoms with E-state index in [2.05, 4.69) is 4.98 Å². The van der Waals surface area contributed by atoms with Crippen LogP contribution in [0.4, 0.5) is 0 Å². The van der Waals surface area contributed by atoms with Crippen molar-refractivity contribution in [1.82, 2.24) is 9.88 Å². The van der Waals surface area contributed by atoms with Crippen molar-refractivity contribution >= 4 is 22.8 Å². The summed E-state index contributed by atoms with van der Waals surface area (Å²) in [5.41, 5.74) is 3.97. The molecule has 0 aliphatic rings. The van der Waals surface area contributed by atoms with Crippen LogP contribution in [0.1, 0.15) is 34.1 Å². The van der Waals surface area contributed by atoms with Crippen molar-refractivity contribution in [3.05, 3.63) is 77.0 Å². The van der Waals surface area contributed by atoms with Gasteiger partial charge in [-0.25, -0.2) is 4.79 Å². The van der Waals surface area contributed by atoms with Gasteiger partial charge in [-0.05, 0) is 44.5 Å². The second-order valence-electron chi connectivity index (χ2n) is 6.80. The SMILES string of the molecule is CCN(Cc1ccccc1)C(=O)COC(=O)c1cc(C)nc2ccc(C)cc12. The van der Waals surface area contributed by atoms with Gasteiger partial charge in [0.15, 0.2) is 6.61 Å². The molecule has 0 bridgehead atoms. The summed E-state index contributed by atoms with van der Waals surface area (Å²) in [6.07, 6.45) is 0. The predicted molar refractivity (Wildman–Crippen MR) is 109 cm³/mol. The summed E-state index contributed by atoms with van der Waals surface area (Å²) < 4.78 is 5.36. The average molecular weight is 376 g/mol. The Morgan fingerprint density at radius 3 is 2.50 bits per heavy atom. The fraction of sp³-hybridized carbons (Fsp3) is 0.261. The second-order valence-corrected chi connectivity index (χ2v) is 6.80. The van der Waals surface area contributed by atoms with E-state index in [4.69, 9.17) is 4.74 Å². The second kappa shape index (κ2) is 8.65. The van der Waals surface area contributed by atoms with Crippen molar-refractivity contribution < 1.29 is 14.3 Å². The van der Waals surface area contributed by atoms with Gasteiger partial charge < -0.3 is 9.64 Å². The van der Waals surface area contributed by atoms with E-state index in [0.29, 0.717) is 18.7 Å². The van der Waals surface area contributed by atoms with Gasteiger partial charge in [-0.15, -0.1) is 0 Å². The fourth-order valence-corrected chi connectivity index (χ4v) is 3.12. The molecule has 1 aromatic heterocycles. The van der Waals surface area contributed by atoms with Crippen molar-refractivity contribution in [3.8, 4) is 0 Å². The van der Waals surface area contributed by atoms with Gasteiger partial charge in [0, 0.05) is 24.2 Å². The van der Waals surface area contributed by atoms with Gasteiger partial charge in [0.1, 0.15) is 0 Å². The molecule has 0 atom stereocenters. The van der Waals surface area contributed by atoms with E-state index in [9.17, 15) is 9.59 Å². The van der Waals surface area contributed by atoms with E-state index in [0.717, 1.165) is 27.7 Å². The molecule has 0 unspecified atom stereocenters. The number of aryl methyl sites for hydroxylation is 2. The Morgan fingerprint density at radius 1 is 1.04 bits per heavy atom. The third kappa shape index (κ3) is 4.55. The average Bonchev–Trinajstić information content (AvgIpc) is 2.70. The van der Waals surface area contributed by atoms with Crippen LogP contribution in [-0.4, -0.2) is 34.9 Å². The largest absolute Gasteiger partial charge is 0.452 e. The van der Waals surface area contributed by atoms with Crippen molar-refractivity contribution in [2.24, 2.45) is 0 Å². The van der Waals surface area contributed by atoms with Gasteiger partial charge >= 0.3 is 5.97 Å². The van der Waals surface area contributed by atoms with Gasteiger partial charge in [-0.2, -0.15) is 0 Å². The Kier molecular flexibility index (Phi) is 6.04. The number of hydrogen-bond donors (Lipinski definition) is 0. The number of carbonyl (C=O) groups is 2. The molecule has 0 aliphatic heterocycles. The molecule has 0 spiro atoms. The first-order chi connectivity index (χ1) is 13.5. The number of ether oxygens (including phenoxy) is 1. The highest BCUT2D eigenvalue weighted by molar-refractivity contribution is 6.04. The molecule has 0 fully saturated rings. The Hall–Kier alpha value is -3.21. The van der Waals surface area contributed by atoms with Crippen LogP contribution in [0.15, 0.2) is 54.6 Å². The molecule has 1 heterocycles. The Morgan fingerprint density at radius 2 is 1.79 bits per heavy atom. The van der Waals surface area contributed by atoms with E-state index in [1.54, 1.807) is 11.0 Å². The fourth-order valence-electron chi connectivity index (χ4n) is 3.12. The number of rotatable bonds is 6. The molecule has 0 radical (unpaired) electrons. The number of hydrogen-bond acceptors (Lipinski definition) is 4. The lowest BCUT2D eigenvalue weighted by molar-refractivity contribution is -0.134. The number of likely N-dealkylation sites (N-methyl/N-ethyl adjacent to an activating group) is 1. The van der Waals surface area contributed by atoms with E-state index >= 15 is 0 Å². The number of fused-ring (bicyclic) bond motifs is 1. The van der Waals surface area contributed by atoms with Crippen LogP contribution in [0.2, 0.25) is 0 Å². The molecule has 5 nitrogen and oxygen atoms in total.